The zero-order chi connectivity index (χ0) is 14.1. The molecule has 1 aromatic rings. The highest BCUT2D eigenvalue weighted by Crippen LogP contribution is 2.29. The van der Waals surface area contributed by atoms with E-state index in [4.69, 9.17) is 9.47 Å². The van der Waals surface area contributed by atoms with Crippen molar-refractivity contribution in [3.8, 4) is 11.5 Å². The number of methoxy groups -OCH3 is 1. The molecule has 0 aliphatic heterocycles. The van der Waals surface area contributed by atoms with Crippen molar-refractivity contribution >= 4 is 6.08 Å². The summed E-state index contributed by atoms with van der Waals surface area (Å²) in [4.78, 5) is 0. The van der Waals surface area contributed by atoms with Crippen molar-refractivity contribution < 1.29 is 9.47 Å². The van der Waals surface area contributed by atoms with E-state index in [2.05, 4.69) is 24.4 Å². The van der Waals surface area contributed by atoms with Gasteiger partial charge < -0.3 is 14.8 Å². The molecule has 0 saturated carbocycles. The molecule has 0 aliphatic rings. The summed E-state index contributed by atoms with van der Waals surface area (Å²) >= 11 is 0. The number of rotatable bonds is 8. The number of nitrogens with one attached hydrogen (secondary N) is 1. The second-order valence-electron chi connectivity index (χ2n) is 4.68. The maximum absolute atomic E-state index is 5.69. The van der Waals surface area contributed by atoms with Crippen molar-refractivity contribution in [1.82, 2.24) is 5.32 Å². The number of hydrogen-bond acceptors (Lipinski definition) is 3. The normalized spacial score (nSPS) is 11.2. The Labute approximate surface area is 116 Å². The highest BCUT2D eigenvalue weighted by molar-refractivity contribution is 5.56. The third kappa shape index (κ3) is 5.79. The van der Waals surface area contributed by atoms with Gasteiger partial charge in [0.05, 0.1) is 13.2 Å². The van der Waals surface area contributed by atoms with E-state index in [-0.39, 0.29) is 6.10 Å². The molecule has 0 atom stereocenters. The first-order valence-corrected chi connectivity index (χ1v) is 6.89. The van der Waals surface area contributed by atoms with Crippen LogP contribution < -0.4 is 14.8 Å². The highest BCUT2D eigenvalue weighted by atomic mass is 16.5. The Morgan fingerprint density at radius 1 is 1.26 bits per heavy atom. The second kappa shape index (κ2) is 8.59. The lowest BCUT2D eigenvalue weighted by molar-refractivity contribution is 0.230. The summed E-state index contributed by atoms with van der Waals surface area (Å²) in [6.07, 6.45) is 5.51. The molecule has 19 heavy (non-hydrogen) atoms. The smallest absolute Gasteiger partial charge is 0.161 e. The van der Waals surface area contributed by atoms with E-state index < -0.39 is 0 Å². The summed E-state index contributed by atoms with van der Waals surface area (Å²) < 4.78 is 11.0. The van der Waals surface area contributed by atoms with Crippen LogP contribution in [0.15, 0.2) is 24.3 Å². The third-order valence-corrected chi connectivity index (χ3v) is 2.55. The zero-order valence-corrected chi connectivity index (χ0v) is 12.4. The molecular weight excluding hydrogens is 238 g/mol. The summed E-state index contributed by atoms with van der Waals surface area (Å²) in [7, 11) is 1.67. The van der Waals surface area contributed by atoms with E-state index in [0.29, 0.717) is 0 Å². The summed E-state index contributed by atoms with van der Waals surface area (Å²) in [5.41, 5.74) is 1.12. The molecular formula is C16H25NO2. The van der Waals surface area contributed by atoms with E-state index in [1.54, 1.807) is 7.11 Å². The van der Waals surface area contributed by atoms with Gasteiger partial charge >= 0.3 is 0 Å². The summed E-state index contributed by atoms with van der Waals surface area (Å²) in [6.45, 7) is 8.11. The fraction of sp³-hybridized carbons (Fsp3) is 0.500. The Balaban J connectivity index is 2.65. The van der Waals surface area contributed by atoms with Crippen LogP contribution in [-0.4, -0.2) is 26.3 Å². The Morgan fingerprint density at radius 3 is 2.68 bits per heavy atom. The summed E-state index contributed by atoms with van der Waals surface area (Å²) in [5, 5.41) is 3.33. The fourth-order valence-corrected chi connectivity index (χ4v) is 1.70. The molecule has 3 nitrogen and oxygen atoms in total. The zero-order valence-electron chi connectivity index (χ0n) is 12.4. The van der Waals surface area contributed by atoms with E-state index in [1.165, 1.54) is 0 Å². The second-order valence-corrected chi connectivity index (χ2v) is 4.68. The van der Waals surface area contributed by atoms with Crippen molar-refractivity contribution in [3.63, 3.8) is 0 Å². The van der Waals surface area contributed by atoms with Crippen LogP contribution in [0.5, 0.6) is 11.5 Å². The largest absolute Gasteiger partial charge is 0.493 e. The standard InChI is InChI=1S/C16H25NO2/c1-5-10-17-11-6-7-14-8-9-15(19-13(2)3)16(12-14)18-4/h6-9,12-13,17H,5,10-11H2,1-4H3. The van der Waals surface area contributed by atoms with Gasteiger partial charge in [-0.3, -0.25) is 0 Å². The highest BCUT2D eigenvalue weighted by Gasteiger charge is 2.06. The van der Waals surface area contributed by atoms with Crippen LogP contribution in [0.2, 0.25) is 0 Å². The van der Waals surface area contributed by atoms with Gasteiger partial charge in [0.2, 0.25) is 0 Å². The third-order valence-electron chi connectivity index (χ3n) is 2.55. The van der Waals surface area contributed by atoms with Crippen LogP contribution >= 0.6 is 0 Å². The van der Waals surface area contributed by atoms with Crippen LogP contribution in [0.4, 0.5) is 0 Å². The van der Waals surface area contributed by atoms with E-state index in [1.807, 2.05) is 32.0 Å². The minimum atomic E-state index is 0.147. The molecule has 0 fully saturated rings. The Hall–Kier alpha value is -1.48. The molecule has 0 radical (unpaired) electrons. The van der Waals surface area contributed by atoms with Crippen molar-refractivity contribution in [2.24, 2.45) is 0 Å². The first-order chi connectivity index (χ1) is 9.17. The maximum atomic E-state index is 5.69. The molecule has 0 unspecified atom stereocenters. The van der Waals surface area contributed by atoms with E-state index >= 15 is 0 Å². The van der Waals surface area contributed by atoms with Crippen molar-refractivity contribution in [3.05, 3.63) is 29.8 Å². The van der Waals surface area contributed by atoms with E-state index in [9.17, 15) is 0 Å². The average Bonchev–Trinajstić information content (AvgIpc) is 2.39. The molecule has 0 amide bonds. The van der Waals surface area contributed by atoms with Crippen LogP contribution in [0.3, 0.4) is 0 Å². The lowest BCUT2D eigenvalue weighted by Gasteiger charge is -2.13. The molecule has 0 heterocycles. The van der Waals surface area contributed by atoms with Gasteiger partial charge in [0.1, 0.15) is 0 Å². The van der Waals surface area contributed by atoms with Gasteiger partial charge in [-0.25, -0.2) is 0 Å². The average molecular weight is 263 g/mol. The Morgan fingerprint density at radius 2 is 2.05 bits per heavy atom. The molecule has 0 aliphatic carbocycles. The fourth-order valence-electron chi connectivity index (χ4n) is 1.70. The number of hydrogen-bond donors (Lipinski definition) is 1. The molecule has 1 aromatic carbocycles. The molecule has 1 N–H and O–H groups in total. The predicted octanol–water partition coefficient (Wildman–Crippen LogP) is 3.50. The first kappa shape index (κ1) is 15.6. The quantitative estimate of drug-likeness (QED) is 0.728. The molecule has 1 rings (SSSR count). The topological polar surface area (TPSA) is 30.5 Å². The maximum Gasteiger partial charge on any atom is 0.161 e. The molecule has 0 spiro atoms. The summed E-state index contributed by atoms with van der Waals surface area (Å²) in [6, 6.07) is 5.99. The van der Waals surface area contributed by atoms with Gasteiger partial charge in [0.15, 0.2) is 11.5 Å². The van der Waals surface area contributed by atoms with Crippen LogP contribution in [0.25, 0.3) is 6.08 Å². The van der Waals surface area contributed by atoms with Crippen molar-refractivity contribution in [1.29, 1.82) is 0 Å². The van der Waals surface area contributed by atoms with Crippen LogP contribution in [0, 0.1) is 0 Å². The summed E-state index contributed by atoms with van der Waals surface area (Å²) in [5.74, 6) is 1.57. The van der Waals surface area contributed by atoms with Crippen molar-refractivity contribution in [2.75, 3.05) is 20.2 Å². The Bertz CT molecular complexity index is 400. The van der Waals surface area contributed by atoms with Crippen LogP contribution in [0.1, 0.15) is 32.8 Å². The van der Waals surface area contributed by atoms with Gasteiger partial charge in [-0.05, 0) is 44.5 Å². The van der Waals surface area contributed by atoms with Gasteiger partial charge in [-0.1, -0.05) is 25.1 Å². The minimum absolute atomic E-state index is 0.147. The molecule has 0 bridgehead atoms. The molecule has 0 saturated heterocycles. The van der Waals surface area contributed by atoms with Gasteiger partial charge in [0, 0.05) is 6.54 Å². The predicted molar refractivity (Wildman–Crippen MR) is 81.0 cm³/mol. The number of ether oxygens (including phenoxy) is 2. The van der Waals surface area contributed by atoms with Gasteiger partial charge in [-0.15, -0.1) is 0 Å². The lowest BCUT2D eigenvalue weighted by atomic mass is 10.2. The lowest BCUT2D eigenvalue weighted by Crippen LogP contribution is -2.13. The SMILES string of the molecule is CCCNCC=Cc1ccc(OC(C)C)c(OC)c1. The molecule has 106 valence electrons. The molecule has 0 aromatic heterocycles. The van der Waals surface area contributed by atoms with E-state index in [0.717, 1.165) is 36.6 Å². The van der Waals surface area contributed by atoms with Crippen molar-refractivity contribution in [2.45, 2.75) is 33.3 Å². The first-order valence-electron chi connectivity index (χ1n) is 6.89. The molecule has 3 heteroatoms. The van der Waals surface area contributed by atoms with Gasteiger partial charge in [0.25, 0.3) is 0 Å². The number of benzene rings is 1. The van der Waals surface area contributed by atoms with Crippen LogP contribution in [-0.2, 0) is 0 Å². The monoisotopic (exact) mass is 263 g/mol. The van der Waals surface area contributed by atoms with Gasteiger partial charge in [-0.2, -0.15) is 0 Å². The minimum Gasteiger partial charge on any atom is -0.493 e. The Kier molecular flexibility index (Phi) is 7.04.